The molecule has 16 heavy (non-hydrogen) atoms. The van der Waals surface area contributed by atoms with Crippen molar-refractivity contribution in [3.63, 3.8) is 0 Å². The van der Waals surface area contributed by atoms with E-state index in [0.717, 1.165) is 17.0 Å². The average molecular weight is 216 g/mol. The van der Waals surface area contributed by atoms with Gasteiger partial charge < -0.3 is 10.2 Å². The van der Waals surface area contributed by atoms with E-state index >= 15 is 0 Å². The van der Waals surface area contributed by atoms with Crippen LogP contribution in [0, 0.1) is 6.92 Å². The van der Waals surface area contributed by atoms with Crippen LogP contribution in [0.2, 0.25) is 0 Å². The fourth-order valence-electron chi connectivity index (χ4n) is 1.76. The highest BCUT2D eigenvalue weighted by Crippen LogP contribution is 2.32. The molecule has 0 unspecified atom stereocenters. The molecule has 1 aromatic heterocycles. The Hall–Kier alpha value is -1.77. The lowest BCUT2D eigenvalue weighted by Gasteiger charge is -2.06. The first-order chi connectivity index (χ1) is 7.59. The number of hydrogen-bond donors (Lipinski definition) is 1. The minimum atomic E-state index is 0.238. The van der Waals surface area contributed by atoms with Gasteiger partial charge in [-0.25, -0.2) is 0 Å². The molecule has 0 saturated carbocycles. The molecule has 1 aromatic carbocycles. The fourth-order valence-corrected chi connectivity index (χ4v) is 1.76. The molecule has 3 heteroatoms. The van der Waals surface area contributed by atoms with Crippen LogP contribution >= 0.6 is 0 Å². The number of rotatable bonds is 2. The van der Waals surface area contributed by atoms with Gasteiger partial charge in [0.25, 0.3) is 6.01 Å². The SMILES string of the molecule is Cc1ccccc1-c1oc(N)nc1C(C)C. The van der Waals surface area contributed by atoms with E-state index in [1.807, 2.05) is 18.2 Å². The molecule has 84 valence electrons. The topological polar surface area (TPSA) is 52.0 Å². The third kappa shape index (κ3) is 1.81. The number of benzene rings is 1. The molecular formula is C13H16N2O. The van der Waals surface area contributed by atoms with Crippen LogP contribution in [0.4, 0.5) is 6.01 Å². The predicted octanol–water partition coefficient (Wildman–Crippen LogP) is 3.36. The first-order valence-electron chi connectivity index (χ1n) is 5.41. The third-order valence-corrected chi connectivity index (χ3v) is 2.61. The molecule has 0 radical (unpaired) electrons. The minimum absolute atomic E-state index is 0.238. The number of nitrogens with two attached hydrogens (primary N) is 1. The summed E-state index contributed by atoms with van der Waals surface area (Å²) in [4.78, 5) is 4.24. The number of anilines is 1. The van der Waals surface area contributed by atoms with Crippen LogP contribution in [0.1, 0.15) is 31.0 Å². The van der Waals surface area contributed by atoms with Gasteiger partial charge in [-0.05, 0) is 18.4 Å². The molecule has 0 amide bonds. The second kappa shape index (κ2) is 4.00. The number of aryl methyl sites for hydroxylation is 1. The maximum atomic E-state index is 5.63. The van der Waals surface area contributed by atoms with Gasteiger partial charge in [-0.3, -0.25) is 0 Å². The van der Waals surface area contributed by atoms with Gasteiger partial charge >= 0.3 is 0 Å². The van der Waals surface area contributed by atoms with E-state index in [0.29, 0.717) is 5.92 Å². The highest BCUT2D eigenvalue weighted by molar-refractivity contribution is 5.65. The Morgan fingerprint density at radius 2 is 1.94 bits per heavy atom. The van der Waals surface area contributed by atoms with Crippen LogP contribution < -0.4 is 5.73 Å². The Bertz CT molecular complexity index is 500. The lowest BCUT2D eigenvalue weighted by molar-refractivity contribution is 0.591. The molecule has 0 saturated heterocycles. The lowest BCUT2D eigenvalue weighted by Crippen LogP contribution is -1.92. The van der Waals surface area contributed by atoms with Gasteiger partial charge in [-0.2, -0.15) is 4.98 Å². The van der Waals surface area contributed by atoms with Crippen molar-refractivity contribution in [3.8, 4) is 11.3 Å². The zero-order chi connectivity index (χ0) is 11.7. The normalized spacial score (nSPS) is 11.0. The maximum Gasteiger partial charge on any atom is 0.292 e. The summed E-state index contributed by atoms with van der Waals surface area (Å²) in [5.41, 5.74) is 8.78. The van der Waals surface area contributed by atoms with Crippen molar-refractivity contribution in [2.24, 2.45) is 0 Å². The highest BCUT2D eigenvalue weighted by Gasteiger charge is 2.17. The van der Waals surface area contributed by atoms with E-state index in [9.17, 15) is 0 Å². The summed E-state index contributed by atoms with van der Waals surface area (Å²) >= 11 is 0. The average Bonchev–Trinajstić information content (AvgIpc) is 2.61. The summed E-state index contributed by atoms with van der Waals surface area (Å²) in [6.45, 7) is 6.22. The van der Waals surface area contributed by atoms with E-state index < -0.39 is 0 Å². The first-order valence-corrected chi connectivity index (χ1v) is 5.41. The zero-order valence-electron chi connectivity index (χ0n) is 9.82. The van der Waals surface area contributed by atoms with Crippen molar-refractivity contribution >= 4 is 6.01 Å². The van der Waals surface area contributed by atoms with Gasteiger partial charge in [-0.1, -0.05) is 38.1 Å². The number of nitrogens with zero attached hydrogens (tertiary/aromatic N) is 1. The van der Waals surface area contributed by atoms with Crippen LogP contribution in [0.3, 0.4) is 0 Å². The predicted molar refractivity (Wildman–Crippen MR) is 65.2 cm³/mol. The molecular weight excluding hydrogens is 200 g/mol. The van der Waals surface area contributed by atoms with Gasteiger partial charge in [0.2, 0.25) is 0 Å². The van der Waals surface area contributed by atoms with Crippen LogP contribution in [0.5, 0.6) is 0 Å². The summed E-state index contributed by atoms with van der Waals surface area (Å²) in [6.07, 6.45) is 0. The Morgan fingerprint density at radius 3 is 2.56 bits per heavy atom. The molecule has 0 atom stereocenters. The largest absolute Gasteiger partial charge is 0.423 e. The molecule has 2 rings (SSSR count). The van der Waals surface area contributed by atoms with E-state index in [4.69, 9.17) is 10.2 Å². The minimum Gasteiger partial charge on any atom is -0.423 e. The van der Waals surface area contributed by atoms with Gasteiger partial charge in [-0.15, -0.1) is 0 Å². The van der Waals surface area contributed by atoms with Crippen molar-refractivity contribution in [1.82, 2.24) is 4.98 Å². The second-order valence-electron chi connectivity index (χ2n) is 4.24. The summed E-state index contributed by atoms with van der Waals surface area (Å²) < 4.78 is 5.51. The Kier molecular flexibility index (Phi) is 2.69. The second-order valence-corrected chi connectivity index (χ2v) is 4.24. The molecule has 0 aliphatic heterocycles. The van der Waals surface area contributed by atoms with Crippen LogP contribution in [-0.4, -0.2) is 4.98 Å². The molecule has 0 aliphatic carbocycles. The van der Waals surface area contributed by atoms with Crippen molar-refractivity contribution in [2.75, 3.05) is 5.73 Å². The Morgan fingerprint density at radius 1 is 1.25 bits per heavy atom. The molecule has 0 bridgehead atoms. The van der Waals surface area contributed by atoms with Crippen LogP contribution in [-0.2, 0) is 0 Å². The molecule has 0 fully saturated rings. The summed E-state index contributed by atoms with van der Waals surface area (Å²) in [5, 5.41) is 0. The summed E-state index contributed by atoms with van der Waals surface area (Å²) in [6, 6.07) is 8.32. The van der Waals surface area contributed by atoms with E-state index in [2.05, 4.69) is 31.8 Å². The molecule has 0 spiro atoms. The molecule has 0 aliphatic rings. The highest BCUT2D eigenvalue weighted by atomic mass is 16.4. The van der Waals surface area contributed by atoms with Crippen molar-refractivity contribution in [1.29, 1.82) is 0 Å². The summed E-state index contributed by atoms with van der Waals surface area (Å²) in [7, 11) is 0. The third-order valence-electron chi connectivity index (χ3n) is 2.61. The van der Waals surface area contributed by atoms with E-state index in [-0.39, 0.29) is 6.01 Å². The standard InChI is InChI=1S/C13H16N2O/c1-8(2)11-12(16-13(14)15-11)10-7-5-4-6-9(10)3/h4-8H,1-3H3,(H2,14,15). The Balaban J connectivity index is 2.60. The molecule has 2 N–H and O–H groups in total. The molecule has 2 aromatic rings. The van der Waals surface area contributed by atoms with Gasteiger partial charge in [0.05, 0.1) is 5.69 Å². The lowest BCUT2D eigenvalue weighted by atomic mass is 10.0. The molecule has 3 nitrogen and oxygen atoms in total. The first kappa shape index (κ1) is 10.7. The summed E-state index contributed by atoms with van der Waals surface area (Å²) in [5.74, 6) is 1.10. The Labute approximate surface area is 95.3 Å². The quantitative estimate of drug-likeness (QED) is 0.837. The van der Waals surface area contributed by atoms with Crippen molar-refractivity contribution in [2.45, 2.75) is 26.7 Å². The maximum absolute atomic E-state index is 5.63. The van der Waals surface area contributed by atoms with Gasteiger partial charge in [0.1, 0.15) is 0 Å². The number of oxazole rings is 1. The smallest absolute Gasteiger partial charge is 0.292 e. The van der Waals surface area contributed by atoms with E-state index in [1.54, 1.807) is 0 Å². The van der Waals surface area contributed by atoms with Crippen LogP contribution in [0.25, 0.3) is 11.3 Å². The van der Waals surface area contributed by atoms with Crippen molar-refractivity contribution in [3.05, 3.63) is 35.5 Å². The number of nitrogen functional groups attached to an aromatic ring is 1. The number of hydrogen-bond acceptors (Lipinski definition) is 3. The van der Waals surface area contributed by atoms with Gasteiger partial charge in [0.15, 0.2) is 5.76 Å². The number of aromatic nitrogens is 1. The zero-order valence-corrected chi connectivity index (χ0v) is 9.82. The van der Waals surface area contributed by atoms with Gasteiger partial charge in [0, 0.05) is 5.56 Å². The van der Waals surface area contributed by atoms with Crippen molar-refractivity contribution < 1.29 is 4.42 Å². The fraction of sp³-hybridized carbons (Fsp3) is 0.308. The molecule has 1 heterocycles. The van der Waals surface area contributed by atoms with Crippen LogP contribution in [0.15, 0.2) is 28.7 Å². The van der Waals surface area contributed by atoms with E-state index in [1.165, 1.54) is 5.56 Å². The monoisotopic (exact) mass is 216 g/mol.